The summed E-state index contributed by atoms with van der Waals surface area (Å²) in [7, 11) is 0. The van der Waals surface area contributed by atoms with Crippen LogP contribution in [0.1, 0.15) is 61.0 Å². The lowest BCUT2D eigenvalue weighted by Crippen LogP contribution is -2.56. The van der Waals surface area contributed by atoms with Crippen LogP contribution in [0, 0.1) is 23.7 Å². The van der Waals surface area contributed by atoms with Crippen LogP contribution in [0.25, 0.3) is 0 Å². The van der Waals surface area contributed by atoms with Gasteiger partial charge in [0.15, 0.2) is 0 Å². The molecule has 1 aliphatic heterocycles. The fourth-order valence-corrected chi connectivity index (χ4v) is 6.49. The minimum absolute atomic E-state index is 0.202. The Hall–Kier alpha value is -1.66. The van der Waals surface area contributed by atoms with Crippen LogP contribution in [0.4, 0.5) is 0 Å². The first-order chi connectivity index (χ1) is 13.5. The molecule has 2 heterocycles. The van der Waals surface area contributed by atoms with Gasteiger partial charge in [-0.05, 0) is 80.8 Å². The molecule has 6 nitrogen and oxygen atoms in total. The Labute approximate surface area is 165 Å². The minimum Gasteiger partial charge on any atom is -0.393 e. The van der Waals surface area contributed by atoms with Crippen LogP contribution in [-0.2, 0) is 6.54 Å². The number of likely N-dealkylation sites (tertiary alicyclic amines) is 1. The molecule has 4 aliphatic carbocycles. The standard InChI is InChI=1S/C22H31N3O3/c26-18-3-5-25(6-4-18)12-17-1-2-19(21(27)23-17)22(28)24-20-15-8-13-7-14(10-15)11-16(20)9-13/h1-2,13-16,18,20,26H,3-12H2,(H,23,27)(H,24,28). The van der Waals surface area contributed by atoms with Crippen LogP contribution >= 0.6 is 0 Å². The number of amides is 1. The fourth-order valence-electron chi connectivity index (χ4n) is 6.49. The number of aliphatic hydroxyl groups excluding tert-OH is 1. The van der Waals surface area contributed by atoms with E-state index in [0.717, 1.165) is 43.5 Å². The van der Waals surface area contributed by atoms with E-state index in [1.165, 1.54) is 32.1 Å². The van der Waals surface area contributed by atoms with Crippen molar-refractivity contribution in [3.05, 3.63) is 33.7 Å². The lowest BCUT2D eigenvalue weighted by molar-refractivity contribution is -0.0119. The highest BCUT2D eigenvalue weighted by molar-refractivity contribution is 5.94. The van der Waals surface area contributed by atoms with Crippen molar-refractivity contribution in [1.82, 2.24) is 15.2 Å². The summed E-state index contributed by atoms with van der Waals surface area (Å²) in [6, 6.07) is 3.79. The van der Waals surface area contributed by atoms with Crippen LogP contribution in [0.3, 0.4) is 0 Å². The third-order valence-corrected chi connectivity index (χ3v) is 7.69. The van der Waals surface area contributed by atoms with Gasteiger partial charge in [0.05, 0.1) is 6.10 Å². The summed E-state index contributed by atoms with van der Waals surface area (Å²) in [5.74, 6) is 2.73. The molecule has 1 amide bonds. The van der Waals surface area contributed by atoms with Gasteiger partial charge in [0, 0.05) is 31.4 Å². The van der Waals surface area contributed by atoms with E-state index in [1.54, 1.807) is 6.07 Å². The summed E-state index contributed by atoms with van der Waals surface area (Å²) in [4.78, 5) is 30.5. The molecule has 0 atom stereocenters. The lowest BCUT2D eigenvalue weighted by Gasteiger charge is -2.54. The van der Waals surface area contributed by atoms with E-state index < -0.39 is 0 Å². The number of rotatable bonds is 4. The van der Waals surface area contributed by atoms with Crippen LogP contribution in [0.2, 0.25) is 0 Å². The number of piperidine rings is 1. The molecular weight excluding hydrogens is 354 g/mol. The third-order valence-electron chi connectivity index (χ3n) is 7.69. The number of aromatic nitrogens is 1. The van der Waals surface area contributed by atoms with Gasteiger partial charge in [0.2, 0.25) is 0 Å². The Morgan fingerprint density at radius 1 is 1.07 bits per heavy atom. The maximum Gasteiger partial charge on any atom is 0.261 e. The number of pyridine rings is 1. The molecule has 3 N–H and O–H groups in total. The summed E-state index contributed by atoms with van der Waals surface area (Å²) in [6.45, 7) is 2.31. The number of hydrogen-bond donors (Lipinski definition) is 3. The molecule has 6 heteroatoms. The maximum absolute atomic E-state index is 12.8. The van der Waals surface area contributed by atoms with Crippen LogP contribution in [-0.4, -0.2) is 46.1 Å². The van der Waals surface area contributed by atoms with Crippen molar-refractivity contribution >= 4 is 5.91 Å². The number of aliphatic hydroxyl groups is 1. The summed E-state index contributed by atoms with van der Waals surface area (Å²) < 4.78 is 0. The highest BCUT2D eigenvalue weighted by atomic mass is 16.3. The molecular formula is C22H31N3O3. The Balaban J connectivity index is 1.24. The first kappa shape index (κ1) is 18.4. The number of carbonyl (C=O) groups excluding carboxylic acids is 1. The maximum atomic E-state index is 12.8. The molecule has 152 valence electrons. The van der Waals surface area contributed by atoms with Crippen molar-refractivity contribution in [2.24, 2.45) is 23.7 Å². The monoisotopic (exact) mass is 385 g/mol. The Morgan fingerprint density at radius 3 is 2.32 bits per heavy atom. The van der Waals surface area contributed by atoms with Gasteiger partial charge < -0.3 is 15.4 Å². The minimum atomic E-state index is -0.295. The molecule has 1 saturated heterocycles. The highest BCUT2D eigenvalue weighted by Crippen LogP contribution is 2.53. The van der Waals surface area contributed by atoms with E-state index in [-0.39, 0.29) is 29.2 Å². The van der Waals surface area contributed by atoms with Crippen molar-refractivity contribution in [2.45, 2.75) is 63.6 Å². The van der Waals surface area contributed by atoms with E-state index >= 15 is 0 Å². The summed E-state index contributed by atoms with van der Waals surface area (Å²) >= 11 is 0. The number of carbonyl (C=O) groups is 1. The second-order valence-electron chi connectivity index (χ2n) is 9.66. The zero-order chi connectivity index (χ0) is 19.3. The van der Waals surface area contributed by atoms with Gasteiger partial charge in [-0.1, -0.05) is 0 Å². The van der Waals surface area contributed by atoms with Crippen molar-refractivity contribution in [3.8, 4) is 0 Å². The molecule has 5 fully saturated rings. The molecule has 1 aromatic rings. The molecule has 6 rings (SSSR count). The number of hydrogen-bond acceptors (Lipinski definition) is 4. The fraction of sp³-hybridized carbons (Fsp3) is 0.727. The van der Waals surface area contributed by atoms with Gasteiger partial charge in [0.1, 0.15) is 5.56 Å². The Morgan fingerprint density at radius 2 is 1.71 bits per heavy atom. The molecule has 0 spiro atoms. The smallest absolute Gasteiger partial charge is 0.261 e. The van der Waals surface area contributed by atoms with Crippen molar-refractivity contribution < 1.29 is 9.90 Å². The zero-order valence-corrected chi connectivity index (χ0v) is 16.4. The van der Waals surface area contributed by atoms with Crippen molar-refractivity contribution in [1.29, 1.82) is 0 Å². The first-order valence-electron chi connectivity index (χ1n) is 11.0. The molecule has 1 aromatic heterocycles. The van der Waals surface area contributed by atoms with Gasteiger partial charge in [-0.2, -0.15) is 0 Å². The number of nitrogens with zero attached hydrogens (tertiary/aromatic N) is 1. The molecule has 4 saturated carbocycles. The van der Waals surface area contributed by atoms with Crippen LogP contribution in [0.15, 0.2) is 16.9 Å². The molecule has 0 unspecified atom stereocenters. The van der Waals surface area contributed by atoms with Crippen LogP contribution < -0.4 is 10.9 Å². The molecule has 0 aromatic carbocycles. The number of aromatic amines is 1. The second kappa shape index (κ2) is 7.30. The largest absolute Gasteiger partial charge is 0.393 e. The summed E-state index contributed by atoms with van der Waals surface area (Å²) in [5.41, 5.74) is 0.759. The Bertz CT molecular complexity index is 768. The quantitative estimate of drug-likeness (QED) is 0.739. The van der Waals surface area contributed by atoms with Crippen molar-refractivity contribution in [3.63, 3.8) is 0 Å². The lowest BCUT2D eigenvalue weighted by atomic mass is 9.54. The average molecular weight is 386 g/mol. The van der Waals surface area contributed by atoms with E-state index in [1.807, 2.05) is 6.07 Å². The Kier molecular flexibility index (Phi) is 4.79. The molecule has 0 radical (unpaired) electrons. The molecule has 5 aliphatic rings. The van der Waals surface area contributed by atoms with Gasteiger partial charge in [-0.25, -0.2) is 0 Å². The summed E-state index contributed by atoms with van der Waals surface area (Å²) in [6.07, 6.45) is 7.73. The highest BCUT2D eigenvalue weighted by Gasteiger charge is 2.48. The van der Waals surface area contributed by atoms with Gasteiger partial charge >= 0.3 is 0 Å². The normalized spacial score (nSPS) is 35.2. The SMILES string of the molecule is O=C(NC1C2CC3CC(C2)CC1C3)c1ccc(CN2CCC(O)CC2)[nH]c1=O. The van der Waals surface area contributed by atoms with E-state index in [9.17, 15) is 14.7 Å². The topological polar surface area (TPSA) is 85.4 Å². The predicted octanol–water partition coefficient (Wildman–Crippen LogP) is 1.89. The second-order valence-corrected chi connectivity index (χ2v) is 9.66. The van der Waals surface area contributed by atoms with E-state index in [0.29, 0.717) is 18.4 Å². The van der Waals surface area contributed by atoms with Gasteiger partial charge in [0.25, 0.3) is 11.5 Å². The first-order valence-corrected chi connectivity index (χ1v) is 11.0. The molecule has 4 bridgehead atoms. The number of nitrogens with one attached hydrogen (secondary N) is 2. The number of H-pyrrole nitrogens is 1. The molecule has 28 heavy (non-hydrogen) atoms. The third kappa shape index (κ3) is 3.52. The van der Waals surface area contributed by atoms with Crippen LogP contribution in [0.5, 0.6) is 0 Å². The zero-order valence-electron chi connectivity index (χ0n) is 16.4. The van der Waals surface area contributed by atoms with E-state index in [2.05, 4.69) is 15.2 Å². The average Bonchev–Trinajstić information content (AvgIpc) is 2.66. The van der Waals surface area contributed by atoms with Crippen molar-refractivity contribution in [2.75, 3.05) is 13.1 Å². The van der Waals surface area contributed by atoms with E-state index in [4.69, 9.17) is 0 Å². The van der Waals surface area contributed by atoms with Gasteiger partial charge in [-0.3, -0.25) is 14.5 Å². The van der Waals surface area contributed by atoms with Gasteiger partial charge in [-0.15, -0.1) is 0 Å². The summed E-state index contributed by atoms with van der Waals surface area (Å²) in [5, 5.41) is 12.8. The predicted molar refractivity (Wildman–Crippen MR) is 106 cm³/mol.